The van der Waals surface area contributed by atoms with Crippen LogP contribution in [-0.2, 0) is 0 Å². The van der Waals surface area contributed by atoms with Crippen LogP contribution in [0.5, 0.6) is 0 Å². The summed E-state index contributed by atoms with van der Waals surface area (Å²) in [6, 6.07) is 2.45. The number of nitrogens with zero attached hydrogens (tertiary/aromatic N) is 2. The number of carbonyl (C=O) groups excluding carboxylic acids is 1. The van der Waals surface area contributed by atoms with Gasteiger partial charge in [0.15, 0.2) is 5.82 Å². The Kier molecular flexibility index (Phi) is 5.06. The number of ketones is 1. The van der Waals surface area contributed by atoms with E-state index in [2.05, 4.69) is 25.0 Å². The first-order valence-corrected chi connectivity index (χ1v) is 11.0. The Morgan fingerprint density at radius 2 is 2.03 bits per heavy atom. The summed E-state index contributed by atoms with van der Waals surface area (Å²) in [5, 5.41) is 4.11. The summed E-state index contributed by atoms with van der Waals surface area (Å²) < 4.78 is 32.6. The van der Waals surface area contributed by atoms with E-state index in [1.807, 2.05) is 0 Å². The van der Waals surface area contributed by atoms with Crippen LogP contribution in [0.3, 0.4) is 0 Å². The number of H-pyrrole nitrogens is 1. The summed E-state index contributed by atoms with van der Waals surface area (Å²) in [5.74, 6) is -1.43. The molecule has 2 aliphatic rings. The van der Waals surface area contributed by atoms with Crippen LogP contribution < -0.4 is 10.0 Å². The van der Waals surface area contributed by atoms with E-state index in [0.717, 1.165) is 44.7 Å². The lowest BCUT2D eigenvalue weighted by molar-refractivity contribution is 0.103. The van der Waals surface area contributed by atoms with E-state index in [9.17, 15) is 9.18 Å². The Morgan fingerprint density at radius 3 is 2.77 bits per heavy atom. The van der Waals surface area contributed by atoms with Crippen molar-refractivity contribution in [3.05, 3.63) is 47.4 Å². The van der Waals surface area contributed by atoms with Crippen molar-refractivity contribution in [3.63, 3.8) is 0 Å². The maximum Gasteiger partial charge on any atom is 0.201 e. The number of halogens is 2. The first kappa shape index (κ1) is 19.3. The molecule has 0 atom stereocenters. The molecule has 0 saturated heterocycles. The lowest BCUT2D eigenvalue weighted by Gasteiger charge is -2.24. The lowest BCUT2D eigenvalue weighted by Crippen LogP contribution is -2.16. The number of fused-ring (bicyclic) bond motifs is 1. The third-order valence-corrected chi connectivity index (χ3v) is 6.82. The van der Waals surface area contributed by atoms with E-state index in [1.54, 1.807) is 0 Å². The van der Waals surface area contributed by atoms with Gasteiger partial charge in [-0.2, -0.15) is 0 Å². The predicted molar refractivity (Wildman–Crippen MR) is 114 cm³/mol. The largest absolute Gasteiger partial charge is 0.369 e. The van der Waals surface area contributed by atoms with E-state index in [1.165, 1.54) is 30.5 Å². The molecule has 2 heterocycles. The topological polar surface area (TPSA) is 82.7 Å². The van der Waals surface area contributed by atoms with Crippen molar-refractivity contribution in [1.29, 1.82) is 0 Å². The molecule has 2 saturated carbocycles. The molecule has 5 rings (SSSR count). The van der Waals surface area contributed by atoms with E-state index in [0.29, 0.717) is 28.0 Å². The molecule has 3 N–H and O–H groups in total. The maximum absolute atomic E-state index is 15.1. The van der Waals surface area contributed by atoms with Crippen LogP contribution in [-0.4, -0.2) is 32.5 Å². The van der Waals surface area contributed by atoms with E-state index >= 15 is 4.39 Å². The molecule has 6 nitrogen and oxygen atoms in total. The number of aromatic nitrogens is 3. The quantitative estimate of drug-likeness (QED) is 0.349. The molecule has 30 heavy (non-hydrogen) atoms. The highest BCUT2D eigenvalue weighted by atomic mass is 32.2. The fourth-order valence-corrected chi connectivity index (χ4v) is 4.47. The van der Waals surface area contributed by atoms with Crippen LogP contribution >= 0.6 is 11.9 Å². The molecule has 0 amide bonds. The first-order chi connectivity index (χ1) is 14.6. The second kappa shape index (κ2) is 7.86. The molecule has 0 radical (unpaired) electrons. The van der Waals surface area contributed by atoms with Crippen LogP contribution in [0.2, 0.25) is 0 Å². The number of anilines is 2. The normalized spacial score (nSPS) is 16.5. The van der Waals surface area contributed by atoms with Crippen LogP contribution in [0.25, 0.3) is 11.0 Å². The molecule has 2 aromatic heterocycles. The zero-order valence-electron chi connectivity index (χ0n) is 16.2. The second-order valence-electron chi connectivity index (χ2n) is 7.86. The zero-order chi connectivity index (χ0) is 20.7. The Labute approximate surface area is 176 Å². The molecule has 9 heteroatoms. The van der Waals surface area contributed by atoms with Gasteiger partial charge in [0.05, 0.1) is 22.2 Å². The van der Waals surface area contributed by atoms with E-state index < -0.39 is 23.0 Å². The molecule has 1 aromatic carbocycles. The standard InChI is InChI=1S/C21H21F2N5OS/c22-14-6-7-15(28-30-12-2-1-3-12)18(23)17(14)19(29)13-9-25-21-16(13)20(26-10-27-21)24-8-11-4-5-11/h6-7,9-12,28H,1-5,8H2,(H2,24,25,26,27). The van der Waals surface area contributed by atoms with Gasteiger partial charge in [0.2, 0.25) is 5.78 Å². The molecule has 0 spiro atoms. The Balaban J connectivity index is 1.48. The minimum absolute atomic E-state index is 0.111. The Bertz CT molecular complexity index is 1110. The van der Waals surface area contributed by atoms with E-state index in [4.69, 9.17) is 0 Å². The van der Waals surface area contributed by atoms with Gasteiger partial charge >= 0.3 is 0 Å². The zero-order valence-corrected chi connectivity index (χ0v) is 17.0. The monoisotopic (exact) mass is 429 g/mol. The highest BCUT2D eigenvalue weighted by Crippen LogP contribution is 2.35. The summed E-state index contributed by atoms with van der Waals surface area (Å²) in [6.45, 7) is 0.742. The molecule has 0 unspecified atom stereocenters. The van der Waals surface area contributed by atoms with Gasteiger partial charge in [-0.25, -0.2) is 18.7 Å². The predicted octanol–water partition coefficient (Wildman–Crippen LogP) is 4.90. The summed E-state index contributed by atoms with van der Waals surface area (Å²) >= 11 is 1.41. The number of aromatic amines is 1. The smallest absolute Gasteiger partial charge is 0.201 e. The van der Waals surface area contributed by atoms with Crippen molar-refractivity contribution in [1.82, 2.24) is 15.0 Å². The fraction of sp³-hybridized carbons (Fsp3) is 0.381. The number of hydrogen-bond acceptors (Lipinski definition) is 6. The third-order valence-electron chi connectivity index (χ3n) is 5.68. The van der Waals surface area contributed by atoms with Gasteiger partial charge in [-0.05, 0) is 55.7 Å². The summed E-state index contributed by atoms with van der Waals surface area (Å²) in [4.78, 5) is 24.5. The lowest BCUT2D eigenvalue weighted by atomic mass is 10.0. The molecular formula is C21H21F2N5OS. The Hall–Kier alpha value is -2.68. The highest BCUT2D eigenvalue weighted by molar-refractivity contribution is 8.01. The fourth-order valence-electron chi connectivity index (χ4n) is 3.45. The van der Waals surface area contributed by atoms with Gasteiger partial charge in [0.1, 0.15) is 23.6 Å². The van der Waals surface area contributed by atoms with Gasteiger partial charge in [-0.3, -0.25) is 4.79 Å². The second-order valence-corrected chi connectivity index (χ2v) is 8.96. The van der Waals surface area contributed by atoms with E-state index in [-0.39, 0.29) is 11.3 Å². The molecule has 2 fully saturated rings. The molecule has 156 valence electrons. The summed E-state index contributed by atoms with van der Waals surface area (Å²) in [7, 11) is 0. The molecule has 0 bridgehead atoms. The molecule has 2 aliphatic carbocycles. The van der Waals surface area contributed by atoms with Crippen molar-refractivity contribution in [3.8, 4) is 0 Å². The summed E-state index contributed by atoms with van der Waals surface area (Å²) in [5.41, 5.74) is 0.125. The molecule has 0 aliphatic heterocycles. The molecular weight excluding hydrogens is 408 g/mol. The maximum atomic E-state index is 15.1. The first-order valence-electron chi connectivity index (χ1n) is 10.1. The number of carbonyl (C=O) groups is 1. The minimum Gasteiger partial charge on any atom is -0.369 e. The van der Waals surface area contributed by atoms with Crippen LogP contribution in [0, 0.1) is 17.6 Å². The van der Waals surface area contributed by atoms with Crippen LogP contribution in [0.4, 0.5) is 20.3 Å². The number of rotatable bonds is 8. The van der Waals surface area contributed by atoms with Crippen molar-refractivity contribution < 1.29 is 13.6 Å². The number of benzene rings is 1. The summed E-state index contributed by atoms with van der Waals surface area (Å²) in [6.07, 6.45) is 8.45. The average Bonchev–Trinajstić information content (AvgIpc) is 3.43. The Morgan fingerprint density at radius 1 is 1.20 bits per heavy atom. The highest BCUT2D eigenvalue weighted by Gasteiger charge is 2.27. The van der Waals surface area contributed by atoms with Gasteiger partial charge in [0.25, 0.3) is 0 Å². The van der Waals surface area contributed by atoms with Crippen molar-refractivity contribution in [2.45, 2.75) is 37.4 Å². The van der Waals surface area contributed by atoms with Crippen molar-refractivity contribution in [2.24, 2.45) is 5.92 Å². The minimum atomic E-state index is -0.893. The molecule has 3 aromatic rings. The third kappa shape index (κ3) is 3.62. The van der Waals surface area contributed by atoms with Gasteiger partial charge in [-0.1, -0.05) is 6.42 Å². The van der Waals surface area contributed by atoms with Crippen LogP contribution in [0.1, 0.15) is 48.0 Å². The van der Waals surface area contributed by atoms with Crippen molar-refractivity contribution in [2.75, 3.05) is 16.6 Å². The van der Waals surface area contributed by atoms with Crippen molar-refractivity contribution >= 4 is 40.3 Å². The number of nitrogens with one attached hydrogen (secondary N) is 3. The van der Waals surface area contributed by atoms with Gasteiger partial charge in [-0.15, -0.1) is 0 Å². The van der Waals surface area contributed by atoms with Gasteiger partial charge < -0.3 is 15.0 Å². The average molecular weight is 429 g/mol. The number of hydrogen-bond donors (Lipinski definition) is 3. The van der Waals surface area contributed by atoms with Gasteiger partial charge in [0, 0.05) is 18.0 Å². The van der Waals surface area contributed by atoms with Crippen LogP contribution in [0.15, 0.2) is 24.7 Å². The SMILES string of the molecule is O=C(c1c(F)ccc(NSC2CCC2)c1F)c1c[nH]c2ncnc(NCC3CC3)c12.